The van der Waals surface area contributed by atoms with Crippen LogP contribution >= 0.6 is 24.0 Å². The Balaban J connectivity index is 0.00000392. The number of halogens is 1. The molecule has 2 rings (SSSR count). The Morgan fingerprint density at radius 1 is 1.11 bits per heavy atom. The summed E-state index contributed by atoms with van der Waals surface area (Å²) in [6.07, 6.45) is 0. The highest BCUT2D eigenvalue weighted by Gasteiger charge is 2.20. The first-order valence-electron chi connectivity index (χ1n) is 8.96. The van der Waals surface area contributed by atoms with Crippen LogP contribution in [0, 0.1) is 0 Å². The van der Waals surface area contributed by atoms with Gasteiger partial charge in [0.2, 0.25) is 0 Å². The number of guanidine groups is 1. The van der Waals surface area contributed by atoms with Gasteiger partial charge in [-0.25, -0.2) is 0 Å². The van der Waals surface area contributed by atoms with E-state index in [1.807, 2.05) is 36.4 Å². The van der Waals surface area contributed by atoms with Crippen LogP contribution in [0.2, 0.25) is 0 Å². The van der Waals surface area contributed by atoms with Gasteiger partial charge in [-0.05, 0) is 38.5 Å². The van der Waals surface area contributed by atoms with Gasteiger partial charge in [-0.3, -0.25) is 4.99 Å². The van der Waals surface area contributed by atoms with Gasteiger partial charge in [0, 0.05) is 17.6 Å². The fraction of sp³-hybridized carbons (Fsp3) is 0.381. The molecule has 28 heavy (non-hydrogen) atoms. The molecular formula is C21H31IN4O2. The highest BCUT2D eigenvalue weighted by molar-refractivity contribution is 14.0. The number of nitrogens with one attached hydrogen (secondary N) is 2. The Hall–Kier alpha value is -2.00. The quantitative estimate of drug-likeness (QED) is 0.289. The molecule has 0 radical (unpaired) electrons. The third kappa shape index (κ3) is 7.20. The zero-order valence-corrected chi connectivity index (χ0v) is 19.5. The molecule has 0 aliphatic carbocycles. The smallest absolute Gasteiger partial charge is 0.193 e. The Morgan fingerprint density at radius 3 is 2.39 bits per heavy atom. The number of anilines is 1. The fourth-order valence-electron chi connectivity index (χ4n) is 2.83. The van der Waals surface area contributed by atoms with Gasteiger partial charge in [-0.15, -0.1) is 24.0 Å². The van der Waals surface area contributed by atoms with Crippen molar-refractivity contribution in [1.82, 2.24) is 5.32 Å². The van der Waals surface area contributed by atoms with Crippen LogP contribution in [-0.2, 0) is 0 Å². The molecule has 2 aromatic carbocycles. The van der Waals surface area contributed by atoms with Crippen molar-refractivity contribution >= 4 is 35.6 Å². The standard InChI is InChI=1S/C21H30N4O2.HI/c1-15(16-9-7-6-8-10-16)25-21(2,3)14-23-20(22)24-18-13-17(26-4)11-12-19(18)27-5;/h6-13,15,25H,14H2,1-5H3,(H3,22,23,24);1H. The third-order valence-corrected chi connectivity index (χ3v) is 4.22. The van der Waals surface area contributed by atoms with Crippen LogP contribution in [0.3, 0.4) is 0 Å². The summed E-state index contributed by atoms with van der Waals surface area (Å²) in [6.45, 7) is 6.88. The van der Waals surface area contributed by atoms with E-state index in [0.29, 0.717) is 29.7 Å². The second-order valence-corrected chi connectivity index (χ2v) is 7.05. The van der Waals surface area contributed by atoms with Crippen LogP contribution in [-0.4, -0.2) is 32.3 Å². The highest BCUT2D eigenvalue weighted by Crippen LogP contribution is 2.28. The predicted octanol–water partition coefficient (Wildman–Crippen LogP) is 4.18. The lowest BCUT2D eigenvalue weighted by Gasteiger charge is -2.29. The van der Waals surface area contributed by atoms with Gasteiger partial charge in [0.15, 0.2) is 5.96 Å². The van der Waals surface area contributed by atoms with Crippen molar-refractivity contribution in [3.05, 3.63) is 54.1 Å². The molecule has 0 fully saturated rings. The summed E-state index contributed by atoms with van der Waals surface area (Å²) in [6, 6.07) is 16.0. The van der Waals surface area contributed by atoms with Crippen LogP contribution in [0.5, 0.6) is 11.5 Å². The molecule has 0 aliphatic heterocycles. The van der Waals surface area contributed by atoms with Crippen molar-refractivity contribution in [2.45, 2.75) is 32.4 Å². The average molecular weight is 498 g/mol. The number of ether oxygens (including phenoxy) is 2. The maximum Gasteiger partial charge on any atom is 0.193 e. The number of benzene rings is 2. The number of nitrogens with zero attached hydrogens (tertiary/aromatic N) is 1. The SMILES string of the molecule is COc1ccc(OC)c(NC(N)=NCC(C)(C)NC(C)c2ccccc2)c1.I. The number of aliphatic imine (C=N–C) groups is 1. The molecule has 0 aromatic heterocycles. The number of nitrogens with two attached hydrogens (primary N) is 1. The molecule has 0 spiro atoms. The molecule has 0 bridgehead atoms. The minimum Gasteiger partial charge on any atom is -0.497 e. The molecule has 0 saturated heterocycles. The summed E-state index contributed by atoms with van der Waals surface area (Å²) in [5.41, 5.74) is 7.81. The summed E-state index contributed by atoms with van der Waals surface area (Å²) in [4.78, 5) is 4.49. The fourth-order valence-corrected chi connectivity index (χ4v) is 2.83. The van der Waals surface area contributed by atoms with Crippen LogP contribution in [0.15, 0.2) is 53.5 Å². The predicted molar refractivity (Wildman–Crippen MR) is 127 cm³/mol. The van der Waals surface area contributed by atoms with Gasteiger partial charge >= 0.3 is 0 Å². The summed E-state index contributed by atoms with van der Waals surface area (Å²) < 4.78 is 10.6. The largest absolute Gasteiger partial charge is 0.497 e. The van der Waals surface area contributed by atoms with E-state index < -0.39 is 0 Å². The van der Waals surface area contributed by atoms with Gasteiger partial charge in [0.05, 0.1) is 26.5 Å². The lowest BCUT2D eigenvalue weighted by atomic mass is 10.0. The molecule has 1 unspecified atom stereocenters. The highest BCUT2D eigenvalue weighted by atomic mass is 127. The number of hydrogen-bond acceptors (Lipinski definition) is 4. The normalized spacial score (nSPS) is 12.7. The number of rotatable bonds is 8. The molecular weight excluding hydrogens is 467 g/mol. The van der Waals surface area contributed by atoms with E-state index in [1.165, 1.54) is 5.56 Å². The summed E-state index contributed by atoms with van der Waals surface area (Å²) in [5, 5.41) is 6.69. The minimum atomic E-state index is -0.222. The van der Waals surface area contributed by atoms with E-state index in [9.17, 15) is 0 Å². The average Bonchev–Trinajstić information content (AvgIpc) is 2.66. The minimum absolute atomic E-state index is 0. The number of hydrogen-bond donors (Lipinski definition) is 3. The molecule has 1 atom stereocenters. The van der Waals surface area contributed by atoms with Crippen LogP contribution in [0.1, 0.15) is 32.4 Å². The van der Waals surface area contributed by atoms with Crippen molar-refractivity contribution in [2.24, 2.45) is 10.7 Å². The molecule has 0 heterocycles. The third-order valence-electron chi connectivity index (χ3n) is 4.22. The van der Waals surface area contributed by atoms with Crippen molar-refractivity contribution in [3.8, 4) is 11.5 Å². The molecule has 2 aromatic rings. The Bertz CT molecular complexity index is 766. The first-order chi connectivity index (χ1) is 12.8. The number of methoxy groups -OCH3 is 2. The van der Waals surface area contributed by atoms with Gasteiger partial charge in [-0.1, -0.05) is 30.3 Å². The summed E-state index contributed by atoms with van der Waals surface area (Å²) >= 11 is 0. The van der Waals surface area contributed by atoms with E-state index in [4.69, 9.17) is 15.2 Å². The first-order valence-corrected chi connectivity index (χ1v) is 8.96. The summed E-state index contributed by atoms with van der Waals surface area (Å²) in [5.74, 6) is 1.71. The van der Waals surface area contributed by atoms with Crippen molar-refractivity contribution in [1.29, 1.82) is 0 Å². The monoisotopic (exact) mass is 498 g/mol. The van der Waals surface area contributed by atoms with E-state index in [0.717, 1.165) is 0 Å². The van der Waals surface area contributed by atoms with Gasteiger partial charge in [0.1, 0.15) is 11.5 Å². The van der Waals surface area contributed by atoms with Gasteiger partial charge < -0.3 is 25.8 Å². The molecule has 154 valence electrons. The maximum absolute atomic E-state index is 6.08. The van der Waals surface area contributed by atoms with E-state index in [2.05, 4.69) is 48.5 Å². The van der Waals surface area contributed by atoms with Gasteiger partial charge in [0.25, 0.3) is 0 Å². The van der Waals surface area contributed by atoms with Crippen LogP contribution < -0.4 is 25.8 Å². The van der Waals surface area contributed by atoms with Gasteiger partial charge in [-0.2, -0.15) is 0 Å². The molecule has 6 nitrogen and oxygen atoms in total. The van der Waals surface area contributed by atoms with Crippen molar-refractivity contribution in [3.63, 3.8) is 0 Å². The second-order valence-electron chi connectivity index (χ2n) is 7.05. The van der Waals surface area contributed by atoms with Crippen LogP contribution in [0.4, 0.5) is 5.69 Å². The van der Waals surface area contributed by atoms with E-state index in [1.54, 1.807) is 14.2 Å². The topological polar surface area (TPSA) is 80.9 Å². The maximum atomic E-state index is 6.08. The Labute approximate surface area is 184 Å². The zero-order chi connectivity index (χ0) is 19.9. The second kappa shape index (κ2) is 11.1. The lowest BCUT2D eigenvalue weighted by Crippen LogP contribution is -2.44. The summed E-state index contributed by atoms with van der Waals surface area (Å²) in [7, 11) is 3.23. The molecule has 7 heteroatoms. The van der Waals surface area contributed by atoms with E-state index in [-0.39, 0.29) is 35.6 Å². The first kappa shape index (κ1) is 24.0. The molecule has 0 amide bonds. The van der Waals surface area contributed by atoms with Crippen molar-refractivity contribution in [2.75, 3.05) is 26.1 Å². The Kier molecular flexibility index (Phi) is 9.54. The zero-order valence-electron chi connectivity index (χ0n) is 17.2. The molecule has 0 saturated carbocycles. The Morgan fingerprint density at radius 2 is 1.79 bits per heavy atom. The van der Waals surface area contributed by atoms with E-state index >= 15 is 0 Å². The lowest BCUT2D eigenvalue weighted by molar-refractivity contribution is 0.357. The van der Waals surface area contributed by atoms with Crippen LogP contribution in [0.25, 0.3) is 0 Å². The van der Waals surface area contributed by atoms with Crippen molar-refractivity contribution < 1.29 is 9.47 Å². The molecule has 4 N–H and O–H groups in total. The molecule has 0 aliphatic rings.